The van der Waals surface area contributed by atoms with Crippen LogP contribution in [0.3, 0.4) is 0 Å². The Hall–Kier alpha value is -0.790. The van der Waals surface area contributed by atoms with E-state index in [4.69, 9.17) is 4.74 Å². The van der Waals surface area contributed by atoms with Gasteiger partial charge >= 0.3 is 5.97 Å². The minimum Gasteiger partial charge on any atom is -0.462 e. The number of allylic oxidation sites excluding steroid dienone is 1. The Morgan fingerprint density at radius 2 is 1.54 bits per heavy atom. The molecule has 2 nitrogen and oxygen atoms in total. The largest absolute Gasteiger partial charge is 0.462 e. The number of rotatable bonds is 6. The monoisotopic (exact) mass is 482 g/mol. The smallest absolute Gasteiger partial charge is 0.302 e. The van der Waals surface area contributed by atoms with Crippen LogP contribution in [0.2, 0.25) is 0 Å². The van der Waals surface area contributed by atoms with E-state index in [9.17, 15) is 4.79 Å². The van der Waals surface area contributed by atoms with Crippen LogP contribution in [-0.2, 0) is 9.53 Å². The third kappa shape index (κ3) is 3.35. The number of esters is 1. The molecular weight excluding hydrogens is 428 g/mol. The fraction of sp³-hybridized carbons (Fsp3) is 0.909. The molecule has 0 aromatic rings. The molecule has 35 heavy (non-hydrogen) atoms. The maximum atomic E-state index is 11.9. The minimum atomic E-state index is -0.0951. The molecule has 2 heteroatoms. The Morgan fingerprint density at radius 3 is 2.20 bits per heavy atom. The molecule has 5 fully saturated rings. The van der Waals surface area contributed by atoms with Crippen molar-refractivity contribution in [1.82, 2.24) is 0 Å². The lowest BCUT2D eigenvalue weighted by Gasteiger charge is -2.63. The van der Waals surface area contributed by atoms with E-state index in [2.05, 4.69) is 55.0 Å². The van der Waals surface area contributed by atoms with E-state index >= 15 is 0 Å². The molecule has 0 aromatic carbocycles. The van der Waals surface area contributed by atoms with Crippen molar-refractivity contribution in [2.45, 2.75) is 132 Å². The Balaban J connectivity index is 1.37. The highest BCUT2D eigenvalue weighted by atomic mass is 16.5. The molecule has 5 saturated carbocycles. The molecule has 0 aromatic heterocycles. The predicted octanol–water partition coefficient (Wildman–Crippen LogP) is 8.99. The first kappa shape index (κ1) is 25.8. The van der Waals surface area contributed by atoms with Crippen molar-refractivity contribution in [2.75, 3.05) is 0 Å². The summed E-state index contributed by atoms with van der Waals surface area (Å²) in [4.78, 5) is 11.9. The lowest BCUT2D eigenvalue weighted by Crippen LogP contribution is -2.58. The summed E-state index contributed by atoms with van der Waals surface area (Å²) in [5, 5.41) is 0. The maximum absolute atomic E-state index is 11.9. The Kier molecular flexibility index (Phi) is 5.98. The van der Waals surface area contributed by atoms with Gasteiger partial charge in [-0.25, -0.2) is 0 Å². The van der Waals surface area contributed by atoms with E-state index in [-0.39, 0.29) is 17.5 Å². The van der Waals surface area contributed by atoms with Crippen molar-refractivity contribution in [3.8, 4) is 0 Å². The summed E-state index contributed by atoms with van der Waals surface area (Å²) in [5.74, 6) is 3.80. The Morgan fingerprint density at radius 1 is 0.886 bits per heavy atom. The van der Waals surface area contributed by atoms with Gasteiger partial charge in [-0.1, -0.05) is 60.6 Å². The van der Waals surface area contributed by atoms with Crippen LogP contribution in [0.5, 0.6) is 0 Å². The van der Waals surface area contributed by atoms with Gasteiger partial charge in [0.2, 0.25) is 0 Å². The summed E-state index contributed by atoms with van der Waals surface area (Å²) < 4.78 is 5.91. The standard InChI is InChI=1S/C33H54O2/c1-21(2)22(3)10-11-23(4)25-14-16-31(9)27-13-12-26-29(6,7)28(35-24(5)34)15-17-32(26)20-33(27,32)19-18-30(25,31)8/h21,23,25-28H,3,10-20H2,1-2,4-9H3/t23-,25+,26-,27+,28+,30-,31-,32+,33-/m1/s1. The first-order chi connectivity index (χ1) is 16.3. The fourth-order valence-electron chi connectivity index (χ4n) is 11.6. The van der Waals surface area contributed by atoms with Gasteiger partial charge in [0.25, 0.3) is 0 Å². The second kappa shape index (κ2) is 8.10. The SMILES string of the molecule is C=C(CC[C@@H](C)[C@@H]1CC[C@]2(C)[C@@H]3CC[C@@H]4C(C)(C)[C@@H](OC(C)=O)CC[C@]45C[C@]35CC[C@]12C)C(C)C. The van der Waals surface area contributed by atoms with E-state index in [0.717, 1.165) is 30.1 Å². The molecule has 5 rings (SSSR count). The number of carbonyl (C=O) groups is 1. The summed E-state index contributed by atoms with van der Waals surface area (Å²) in [5.41, 5.74) is 3.63. The van der Waals surface area contributed by atoms with Crippen molar-refractivity contribution in [1.29, 1.82) is 0 Å². The van der Waals surface area contributed by atoms with Crippen molar-refractivity contribution >= 4 is 5.97 Å². The van der Waals surface area contributed by atoms with Gasteiger partial charge in [-0.15, -0.1) is 0 Å². The average Bonchev–Trinajstić information content (AvgIpc) is 3.36. The molecule has 5 aliphatic rings. The topological polar surface area (TPSA) is 26.3 Å². The summed E-state index contributed by atoms with van der Waals surface area (Å²) in [6, 6.07) is 0. The minimum absolute atomic E-state index is 0.0951. The van der Waals surface area contributed by atoms with Crippen LogP contribution in [-0.4, -0.2) is 12.1 Å². The molecule has 0 amide bonds. The lowest BCUT2D eigenvalue weighted by molar-refractivity contribution is -0.181. The van der Waals surface area contributed by atoms with Crippen LogP contribution in [0.15, 0.2) is 12.2 Å². The quantitative estimate of drug-likeness (QED) is 0.279. The summed E-state index contributed by atoms with van der Waals surface area (Å²) in [6.45, 7) is 23.4. The number of hydrogen-bond donors (Lipinski definition) is 0. The molecule has 0 bridgehead atoms. The number of carbonyl (C=O) groups excluding carboxylic acids is 1. The first-order valence-corrected chi connectivity index (χ1v) is 15.1. The zero-order chi connectivity index (χ0) is 25.6. The van der Waals surface area contributed by atoms with E-state index < -0.39 is 0 Å². The van der Waals surface area contributed by atoms with Crippen molar-refractivity contribution in [3.63, 3.8) is 0 Å². The molecule has 2 spiro atoms. The Bertz CT molecular complexity index is 886. The van der Waals surface area contributed by atoms with Gasteiger partial charge in [-0.05, 0) is 122 Å². The van der Waals surface area contributed by atoms with E-state index in [1.807, 2.05) is 0 Å². The van der Waals surface area contributed by atoms with E-state index in [1.165, 1.54) is 69.8 Å². The van der Waals surface area contributed by atoms with Crippen LogP contribution < -0.4 is 0 Å². The molecule has 0 radical (unpaired) electrons. The van der Waals surface area contributed by atoms with Gasteiger partial charge in [0, 0.05) is 12.3 Å². The van der Waals surface area contributed by atoms with Crippen molar-refractivity contribution in [3.05, 3.63) is 12.2 Å². The molecule has 5 aliphatic carbocycles. The molecule has 198 valence electrons. The maximum Gasteiger partial charge on any atom is 0.302 e. The van der Waals surface area contributed by atoms with Crippen molar-refractivity contribution < 1.29 is 9.53 Å². The van der Waals surface area contributed by atoms with Gasteiger partial charge in [0.05, 0.1) is 0 Å². The third-order valence-corrected chi connectivity index (χ3v) is 13.8. The van der Waals surface area contributed by atoms with Gasteiger partial charge in [0.15, 0.2) is 0 Å². The van der Waals surface area contributed by atoms with Crippen LogP contribution in [0.25, 0.3) is 0 Å². The molecular formula is C33H54O2. The lowest BCUT2D eigenvalue weighted by atomic mass is 9.41. The molecule has 0 heterocycles. The normalized spacial score (nSPS) is 48.3. The molecule has 0 N–H and O–H groups in total. The van der Waals surface area contributed by atoms with E-state index in [0.29, 0.717) is 27.6 Å². The van der Waals surface area contributed by atoms with Gasteiger partial charge in [0.1, 0.15) is 6.10 Å². The highest BCUT2D eigenvalue weighted by Crippen LogP contribution is 2.89. The van der Waals surface area contributed by atoms with Crippen LogP contribution >= 0.6 is 0 Å². The highest BCUT2D eigenvalue weighted by Gasteiger charge is 2.82. The molecule has 0 aliphatic heterocycles. The number of ether oxygens (including phenoxy) is 1. The second-order valence-corrected chi connectivity index (χ2v) is 15.4. The third-order valence-electron chi connectivity index (χ3n) is 13.8. The zero-order valence-electron chi connectivity index (χ0n) is 24.3. The van der Waals surface area contributed by atoms with Crippen molar-refractivity contribution in [2.24, 2.45) is 56.7 Å². The summed E-state index contributed by atoms with van der Waals surface area (Å²) >= 11 is 0. The summed E-state index contributed by atoms with van der Waals surface area (Å²) in [7, 11) is 0. The van der Waals surface area contributed by atoms with Gasteiger partial charge in [-0.2, -0.15) is 0 Å². The van der Waals surface area contributed by atoms with Gasteiger partial charge in [-0.3, -0.25) is 4.79 Å². The predicted molar refractivity (Wildman–Crippen MR) is 145 cm³/mol. The highest BCUT2D eigenvalue weighted by molar-refractivity contribution is 5.66. The first-order valence-electron chi connectivity index (χ1n) is 15.1. The molecule has 0 unspecified atom stereocenters. The summed E-state index contributed by atoms with van der Waals surface area (Å²) in [6.07, 6.45) is 15.0. The fourth-order valence-corrected chi connectivity index (χ4v) is 11.6. The van der Waals surface area contributed by atoms with Gasteiger partial charge < -0.3 is 4.74 Å². The Labute approximate surface area is 216 Å². The van der Waals surface area contributed by atoms with Crippen LogP contribution in [0.4, 0.5) is 0 Å². The molecule has 0 saturated heterocycles. The number of fused-ring (bicyclic) bond motifs is 2. The average molecular weight is 483 g/mol. The second-order valence-electron chi connectivity index (χ2n) is 15.4. The zero-order valence-corrected chi connectivity index (χ0v) is 24.3. The van der Waals surface area contributed by atoms with E-state index in [1.54, 1.807) is 6.92 Å². The van der Waals surface area contributed by atoms with Crippen LogP contribution in [0.1, 0.15) is 126 Å². The molecule has 9 atom stereocenters. The van der Waals surface area contributed by atoms with Crippen LogP contribution in [0, 0.1) is 56.7 Å². The number of hydrogen-bond acceptors (Lipinski definition) is 2.